The van der Waals surface area contributed by atoms with E-state index in [1.165, 1.54) is 6.08 Å². The summed E-state index contributed by atoms with van der Waals surface area (Å²) in [6.07, 6.45) is 2.49. The van der Waals surface area contributed by atoms with Crippen molar-refractivity contribution in [2.24, 2.45) is 0 Å². The lowest BCUT2D eigenvalue weighted by atomic mass is 10.2. The second-order valence-corrected chi connectivity index (χ2v) is 5.85. The van der Waals surface area contributed by atoms with Crippen molar-refractivity contribution in [1.82, 2.24) is 0 Å². The molecule has 108 valence electrons. The highest BCUT2D eigenvalue weighted by Gasteiger charge is 2.06. The van der Waals surface area contributed by atoms with Gasteiger partial charge in [0.25, 0.3) is 0 Å². The molecular weight excluding hydrogens is 379 g/mol. The molecule has 0 spiro atoms. The lowest BCUT2D eigenvalue weighted by Gasteiger charge is -2.10. The van der Waals surface area contributed by atoms with Crippen molar-refractivity contribution < 1.29 is 14.6 Å². The Labute approximate surface area is 139 Å². The fourth-order valence-electron chi connectivity index (χ4n) is 1.62. The standard InChI is InChI=1S/C15H9BrCl2O3/c16-10-2-3-14(9(5-10)1-4-15(19)20)21-13-7-11(17)6-12(18)8-13/h1-8H,(H,19,20)/b4-1+. The molecule has 3 nitrogen and oxygen atoms in total. The van der Waals surface area contributed by atoms with E-state index in [9.17, 15) is 4.79 Å². The van der Waals surface area contributed by atoms with Gasteiger partial charge in [-0.2, -0.15) is 0 Å². The molecular formula is C15H9BrCl2O3. The molecule has 1 N–H and O–H groups in total. The SMILES string of the molecule is O=C(O)/C=C/c1cc(Br)ccc1Oc1cc(Cl)cc(Cl)c1. The van der Waals surface area contributed by atoms with Crippen LogP contribution in [0.15, 0.2) is 46.9 Å². The van der Waals surface area contributed by atoms with Crippen LogP contribution in [0.1, 0.15) is 5.56 Å². The van der Waals surface area contributed by atoms with Crippen molar-refractivity contribution in [2.75, 3.05) is 0 Å². The zero-order valence-electron chi connectivity index (χ0n) is 10.5. The highest BCUT2D eigenvalue weighted by molar-refractivity contribution is 9.10. The number of carbonyl (C=O) groups is 1. The van der Waals surface area contributed by atoms with Crippen LogP contribution in [-0.2, 0) is 4.79 Å². The van der Waals surface area contributed by atoms with E-state index in [1.54, 1.807) is 36.4 Å². The maximum atomic E-state index is 10.6. The molecule has 0 radical (unpaired) electrons. The van der Waals surface area contributed by atoms with E-state index in [1.807, 2.05) is 0 Å². The third-order valence-electron chi connectivity index (χ3n) is 2.44. The van der Waals surface area contributed by atoms with Crippen molar-refractivity contribution in [3.05, 3.63) is 62.6 Å². The lowest BCUT2D eigenvalue weighted by molar-refractivity contribution is -0.131. The van der Waals surface area contributed by atoms with Crippen LogP contribution >= 0.6 is 39.1 Å². The summed E-state index contributed by atoms with van der Waals surface area (Å²) in [6.45, 7) is 0. The molecule has 2 rings (SSSR count). The first kappa shape index (κ1) is 15.9. The Kier molecular flexibility index (Phi) is 5.28. The predicted octanol–water partition coefficient (Wildman–Crippen LogP) is 5.65. The van der Waals surface area contributed by atoms with Crippen molar-refractivity contribution in [3.63, 3.8) is 0 Å². The second-order valence-electron chi connectivity index (χ2n) is 4.06. The first-order valence-electron chi connectivity index (χ1n) is 5.78. The van der Waals surface area contributed by atoms with Gasteiger partial charge in [-0.1, -0.05) is 39.1 Å². The normalized spacial score (nSPS) is 10.8. The Morgan fingerprint density at radius 2 is 1.81 bits per heavy atom. The summed E-state index contributed by atoms with van der Waals surface area (Å²) >= 11 is 15.2. The Balaban J connectivity index is 2.36. The molecule has 0 aliphatic rings. The summed E-state index contributed by atoms with van der Waals surface area (Å²) in [6, 6.07) is 10.1. The van der Waals surface area contributed by atoms with Crippen LogP contribution in [0.4, 0.5) is 0 Å². The number of ether oxygens (including phenoxy) is 1. The van der Waals surface area contributed by atoms with E-state index in [0.717, 1.165) is 10.5 Å². The number of hydrogen-bond acceptors (Lipinski definition) is 2. The van der Waals surface area contributed by atoms with Gasteiger partial charge in [0, 0.05) is 26.2 Å². The number of halogens is 3. The number of benzene rings is 2. The minimum atomic E-state index is -1.04. The molecule has 0 aliphatic carbocycles. The van der Waals surface area contributed by atoms with Gasteiger partial charge in [-0.25, -0.2) is 4.79 Å². The zero-order valence-corrected chi connectivity index (χ0v) is 13.6. The molecule has 2 aromatic carbocycles. The van der Waals surface area contributed by atoms with Crippen LogP contribution in [0.3, 0.4) is 0 Å². The van der Waals surface area contributed by atoms with Gasteiger partial charge in [0.2, 0.25) is 0 Å². The monoisotopic (exact) mass is 386 g/mol. The summed E-state index contributed by atoms with van der Waals surface area (Å²) in [5.74, 6) is -0.0689. The van der Waals surface area contributed by atoms with Gasteiger partial charge in [0.15, 0.2) is 0 Å². The molecule has 21 heavy (non-hydrogen) atoms. The number of hydrogen-bond donors (Lipinski definition) is 1. The number of aliphatic carboxylic acids is 1. The smallest absolute Gasteiger partial charge is 0.328 e. The molecule has 0 fully saturated rings. The fraction of sp³-hybridized carbons (Fsp3) is 0. The topological polar surface area (TPSA) is 46.5 Å². The minimum Gasteiger partial charge on any atom is -0.478 e. The predicted molar refractivity (Wildman–Crippen MR) is 87.3 cm³/mol. The first-order valence-corrected chi connectivity index (χ1v) is 7.33. The van der Waals surface area contributed by atoms with Gasteiger partial charge in [-0.05, 0) is 42.5 Å². The molecule has 0 saturated carbocycles. The fourth-order valence-corrected chi connectivity index (χ4v) is 2.50. The molecule has 0 atom stereocenters. The maximum absolute atomic E-state index is 10.6. The highest BCUT2D eigenvalue weighted by Crippen LogP contribution is 2.32. The molecule has 0 saturated heterocycles. The molecule has 0 amide bonds. The molecule has 6 heteroatoms. The van der Waals surface area contributed by atoms with E-state index in [-0.39, 0.29) is 0 Å². The Bertz CT molecular complexity index is 694. The third-order valence-corrected chi connectivity index (χ3v) is 3.37. The van der Waals surface area contributed by atoms with Gasteiger partial charge in [-0.3, -0.25) is 0 Å². The minimum absolute atomic E-state index is 0.456. The molecule has 0 aromatic heterocycles. The number of carboxylic acids is 1. The first-order chi connectivity index (χ1) is 9.94. The van der Waals surface area contributed by atoms with Crippen LogP contribution in [0.5, 0.6) is 11.5 Å². The van der Waals surface area contributed by atoms with E-state index < -0.39 is 5.97 Å². The summed E-state index contributed by atoms with van der Waals surface area (Å²) in [5, 5.41) is 9.63. The van der Waals surface area contributed by atoms with Gasteiger partial charge < -0.3 is 9.84 Å². The second kappa shape index (κ2) is 6.98. The highest BCUT2D eigenvalue weighted by atomic mass is 79.9. The summed E-state index contributed by atoms with van der Waals surface area (Å²) in [5.41, 5.74) is 0.614. The van der Waals surface area contributed by atoms with Crippen molar-refractivity contribution in [1.29, 1.82) is 0 Å². The van der Waals surface area contributed by atoms with E-state index in [4.69, 9.17) is 33.0 Å². The zero-order chi connectivity index (χ0) is 15.4. The Morgan fingerprint density at radius 1 is 1.14 bits per heavy atom. The van der Waals surface area contributed by atoms with E-state index >= 15 is 0 Å². The molecule has 0 aliphatic heterocycles. The number of carboxylic acid groups (broad SMARTS) is 1. The maximum Gasteiger partial charge on any atom is 0.328 e. The van der Waals surface area contributed by atoms with Crippen LogP contribution in [0.25, 0.3) is 6.08 Å². The van der Waals surface area contributed by atoms with Crippen molar-refractivity contribution in [2.45, 2.75) is 0 Å². The van der Waals surface area contributed by atoms with Crippen molar-refractivity contribution >= 4 is 51.2 Å². The molecule has 2 aromatic rings. The van der Waals surface area contributed by atoms with Gasteiger partial charge in [-0.15, -0.1) is 0 Å². The largest absolute Gasteiger partial charge is 0.478 e. The van der Waals surface area contributed by atoms with Gasteiger partial charge in [0.1, 0.15) is 11.5 Å². The van der Waals surface area contributed by atoms with Crippen LogP contribution in [0.2, 0.25) is 10.0 Å². The molecule has 0 unspecified atom stereocenters. The van der Waals surface area contributed by atoms with Crippen LogP contribution in [0, 0.1) is 0 Å². The van der Waals surface area contributed by atoms with Crippen LogP contribution in [-0.4, -0.2) is 11.1 Å². The third kappa shape index (κ3) is 4.77. The lowest BCUT2D eigenvalue weighted by Crippen LogP contribution is -1.90. The van der Waals surface area contributed by atoms with E-state index in [0.29, 0.717) is 27.1 Å². The average molecular weight is 388 g/mol. The summed E-state index contributed by atoms with van der Waals surface area (Å²) in [7, 11) is 0. The van der Waals surface area contributed by atoms with Gasteiger partial charge in [0.05, 0.1) is 0 Å². The Morgan fingerprint density at radius 3 is 2.43 bits per heavy atom. The van der Waals surface area contributed by atoms with Gasteiger partial charge >= 0.3 is 5.97 Å². The quantitative estimate of drug-likeness (QED) is 0.690. The summed E-state index contributed by atoms with van der Waals surface area (Å²) < 4.78 is 6.53. The molecule has 0 bridgehead atoms. The number of rotatable bonds is 4. The summed E-state index contributed by atoms with van der Waals surface area (Å²) in [4.78, 5) is 10.6. The van der Waals surface area contributed by atoms with E-state index in [2.05, 4.69) is 15.9 Å². The average Bonchev–Trinajstić information content (AvgIpc) is 2.37. The van der Waals surface area contributed by atoms with Crippen LogP contribution < -0.4 is 4.74 Å². The molecule has 0 heterocycles. The van der Waals surface area contributed by atoms with Crippen molar-refractivity contribution in [3.8, 4) is 11.5 Å². The Hall–Kier alpha value is -1.49.